The van der Waals surface area contributed by atoms with E-state index >= 15 is 0 Å². The second kappa shape index (κ2) is 5.60. The van der Waals surface area contributed by atoms with Crippen LogP contribution in [0.15, 0.2) is 28.8 Å². The van der Waals surface area contributed by atoms with E-state index in [0.717, 1.165) is 31.6 Å². The predicted molar refractivity (Wildman–Crippen MR) is 81.8 cm³/mol. The number of rotatable bonds is 3. The molecule has 0 aliphatic heterocycles. The van der Waals surface area contributed by atoms with Gasteiger partial charge in [0.05, 0.1) is 12.0 Å². The van der Waals surface area contributed by atoms with Crippen LogP contribution >= 0.6 is 0 Å². The van der Waals surface area contributed by atoms with Crippen LogP contribution in [-0.4, -0.2) is 10.1 Å². The first-order valence-corrected chi connectivity index (χ1v) is 7.73. The van der Waals surface area contributed by atoms with Crippen LogP contribution in [0.2, 0.25) is 0 Å². The summed E-state index contributed by atoms with van der Waals surface area (Å²) in [7, 11) is 0. The SMILES string of the molecule is Cc1ccc(Cc2nc(C3(N)CCC(C)CC3)no2)cc1. The summed E-state index contributed by atoms with van der Waals surface area (Å²) in [5.41, 5.74) is 8.51. The lowest BCUT2D eigenvalue weighted by molar-refractivity contribution is 0.230. The number of nitrogens with zero attached hydrogens (tertiary/aromatic N) is 2. The molecule has 0 amide bonds. The molecule has 0 radical (unpaired) electrons. The lowest BCUT2D eigenvalue weighted by Gasteiger charge is -2.33. The standard InChI is InChI=1S/C17H23N3O/c1-12-3-5-14(6-4-12)11-15-19-16(20-21-15)17(18)9-7-13(2)8-10-17/h3-6,13H,7-11,18H2,1-2H3. The first kappa shape index (κ1) is 14.3. The van der Waals surface area contributed by atoms with Gasteiger partial charge in [0.1, 0.15) is 0 Å². The van der Waals surface area contributed by atoms with Crippen molar-refractivity contribution >= 4 is 0 Å². The summed E-state index contributed by atoms with van der Waals surface area (Å²) in [4.78, 5) is 4.55. The minimum absolute atomic E-state index is 0.401. The van der Waals surface area contributed by atoms with Crippen LogP contribution in [0.25, 0.3) is 0 Å². The molecule has 0 spiro atoms. The van der Waals surface area contributed by atoms with Gasteiger partial charge < -0.3 is 10.3 Å². The third-order valence-electron chi connectivity index (χ3n) is 4.56. The number of hydrogen-bond donors (Lipinski definition) is 1. The molecule has 1 aliphatic carbocycles. The minimum Gasteiger partial charge on any atom is -0.339 e. The van der Waals surface area contributed by atoms with E-state index in [1.54, 1.807) is 0 Å². The first-order valence-electron chi connectivity index (χ1n) is 7.73. The third kappa shape index (κ3) is 3.16. The Labute approximate surface area is 125 Å². The quantitative estimate of drug-likeness (QED) is 0.939. The Bertz CT molecular complexity index is 595. The Hall–Kier alpha value is -1.68. The monoisotopic (exact) mass is 285 g/mol. The van der Waals surface area contributed by atoms with E-state index in [2.05, 4.69) is 48.3 Å². The summed E-state index contributed by atoms with van der Waals surface area (Å²) in [5, 5.41) is 4.14. The van der Waals surface area contributed by atoms with Crippen molar-refractivity contribution in [2.75, 3.05) is 0 Å². The van der Waals surface area contributed by atoms with Crippen molar-refractivity contribution in [2.24, 2.45) is 11.7 Å². The molecule has 1 aromatic heterocycles. The molecule has 1 aliphatic rings. The van der Waals surface area contributed by atoms with Crippen molar-refractivity contribution < 1.29 is 4.52 Å². The van der Waals surface area contributed by atoms with Crippen LogP contribution in [0, 0.1) is 12.8 Å². The molecule has 0 saturated heterocycles. The zero-order valence-corrected chi connectivity index (χ0v) is 12.8. The van der Waals surface area contributed by atoms with Crippen LogP contribution in [0.4, 0.5) is 0 Å². The van der Waals surface area contributed by atoms with Gasteiger partial charge in [-0.05, 0) is 44.1 Å². The number of hydrogen-bond acceptors (Lipinski definition) is 4. The highest BCUT2D eigenvalue weighted by molar-refractivity contribution is 5.23. The Balaban J connectivity index is 1.72. The van der Waals surface area contributed by atoms with Crippen LogP contribution in [0.5, 0.6) is 0 Å². The summed E-state index contributed by atoms with van der Waals surface area (Å²) >= 11 is 0. The average molecular weight is 285 g/mol. The minimum atomic E-state index is -0.401. The predicted octanol–water partition coefficient (Wildman–Crippen LogP) is 3.33. The van der Waals surface area contributed by atoms with Crippen molar-refractivity contribution in [3.63, 3.8) is 0 Å². The van der Waals surface area contributed by atoms with E-state index in [1.165, 1.54) is 11.1 Å². The van der Waals surface area contributed by atoms with E-state index in [0.29, 0.717) is 18.1 Å². The van der Waals surface area contributed by atoms with Crippen LogP contribution in [0.1, 0.15) is 55.4 Å². The molecular formula is C17H23N3O. The smallest absolute Gasteiger partial charge is 0.231 e. The van der Waals surface area contributed by atoms with Crippen molar-refractivity contribution in [1.82, 2.24) is 10.1 Å². The molecule has 0 unspecified atom stereocenters. The van der Waals surface area contributed by atoms with Crippen LogP contribution < -0.4 is 5.73 Å². The topological polar surface area (TPSA) is 64.9 Å². The van der Waals surface area contributed by atoms with Crippen molar-refractivity contribution in [1.29, 1.82) is 0 Å². The zero-order chi connectivity index (χ0) is 14.9. The normalized spacial score (nSPS) is 26.0. The van der Waals surface area contributed by atoms with E-state index < -0.39 is 5.54 Å². The Morgan fingerprint density at radius 1 is 1.24 bits per heavy atom. The number of aromatic nitrogens is 2. The molecule has 0 atom stereocenters. The highest BCUT2D eigenvalue weighted by atomic mass is 16.5. The van der Waals surface area contributed by atoms with Gasteiger partial charge in [-0.1, -0.05) is 41.9 Å². The molecule has 112 valence electrons. The molecule has 21 heavy (non-hydrogen) atoms. The van der Waals surface area contributed by atoms with Gasteiger partial charge in [-0.3, -0.25) is 0 Å². The van der Waals surface area contributed by atoms with Gasteiger partial charge in [0.25, 0.3) is 0 Å². The van der Waals surface area contributed by atoms with Crippen molar-refractivity contribution in [3.8, 4) is 0 Å². The number of nitrogens with two attached hydrogens (primary N) is 1. The van der Waals surface area contributed by atoms with E-state index in [1.807, 2.05) is 0 Å². The van der Waals surface area contributed by atoms with Gasteiger partial charge in [-0.25, -0.2) is 0 Å². The van der Waals surface area contributed by atoms with E-state index in [9.17, 15) is 0 Å². The lowest BCUT2D eigenvalue weighted by atomic mass is 9.77. The van der Waals surface area contributed by atoms with Gasteiger partial charge in [-0.2, -0.15) is 4.98 Å². The largest absolute Gasteiger partial charge is 0.339 e. The Morgan fingerprint density at radius 2 is 1.90 bits per heavy atom. The highest BCUT2D eigenvalue weighted by Crippen LogP contribution is 2.36. The average Bonchev–Trinajstić information content (AvgIpc) is 2.94. The van der Waals surface area contributed by atoms with Gasteiger partial charge in [0, 0.05) is 0 Å². The fourth-order valence-electron chi connectivity index (χ4n) is 2.91. The fourth-order valence-corrected chi connectivity index (χ4v) is 2.91. The molecule has 1 aromatic carbocycles. The fraction of sp³-hybridized carbons (Fsp3) is 0.529. The Morgan fingerprint density at radius 3 is 2.57 bits per heavy atom. The van der Waals surface area contributed by atoms with Gasteiger partial charge in [-0.15, -0.1) is 0 Å². The summed E-state index contributed by atoms with van der Waals surface area (Å²) in [5.74, 6) is 2.08. The highest BCUT2D eigenvalue weighted by Gasteiger charge is 2.36. The van der Waals surface area contributed by atoms with Gasteiger partial charge >= 0.3 is 0 Å². The summed E-state index contributed by atoms with van der Waals surface area (Å²) < 4.78 is 5.40. The lowest BCUT2D eigenvalue weighted by Crippen LogP contribution is -2.41. The molecule has 1 saturated carbocycles. The summed E-state index contributed by atoms with van der Waals surface area (Å²) in [6, 6.07) is 8.39. The first-order chi connectivity index (χ1) is 10.0. The molecule has 2 aromatic rings. The maximum Gasteiger partial charge on any atom is 0.231 e. The molecule has 1 heterocycles. The molecule has 0 bridgehead atoms. The zero-order valence-electron chi connectivity index (χ0n) is 12.8. The van der Waals surface area contributed by atoms with Gasteiger partial charge in [0.2, 0.25) is 5.89 Å². The van der Waals surface area contributed by atoms with Gasteiger partial charge in [0.15, 0.2) is 5.82 Å². The number of aryl methyl sites for hydroxylation is 1. The summed E-state index contributed by atoms with van der Waals surface area (Å²) in [6.45, 7) is 4.36. The molecule has 2 N–H and O–H groups in total. The summed E-state index contributed by atoms with van der Waals surface area (Å²) in [6.07, 6.45) is 4.83. The maximum absolute atomic E-state index is 6.48. The second-order valence-corrected chi connectivity index (χ2v) is 6.51. The molecule has 1 fully saturated rings. The molecule has 4 nitrogen and oxygen atoms in total. The van der Waals surface area contributed by atoms with E-state index in [-0.39, 0.29) is 0 Å². The molecule has 4 heteroatoms. The van der Waals surface area contributed by atoms with Crippen molar-refractivity contribution in [3.05, 3.63) is 47.1 Å². The molecular weight excluding hydrogens is 262 g/mol. The van der Waals surface area contributed by atoms with E-state index in [4.69, 9.17) is 10.3 Å². The Kier molecular flexibility index (Phi) is 3.81. The molecule has 3 rings (SSSR count). The maximum atomic E-state index is 6.48. The van der Waals surface area contributed by atoms with Crippen LogP contribution in [0.3, 0.4) is 0 Å². The van der Waals surface area contributed by atoms with Crippen LogP contribution in [-0.2, 0) is 12.0 Å². The number of benzene rings is 1. The second-order valence-electron chi connectivity index (χ2n) is 6.51. The van der Waals surface area contributed by atoms with Crippen molar-refractivity contribution in [2.45, 2.75) is 51.5 Å². The third-order valence-corrected chi connectivity index (χ3v) is 4.56.